The smallest absolute Gasteiger partial charge is 0.181 e. The van der Waals surface area contributed by atoms with Crippen molar-refractivity contribution < 1.29 is 20.1 Å². The second kappa shape index (κ2) is 4.63. The molecule has 0 bridgehead atoms. The molecule has 1 saturated heterocycles. The van der Waals surface area contributed by atoms with Crippen molar-refractivity contribution >= 4 is 16.9 Å². The monoisotopic (exact) mass is 281 g/mol. The van der Waals surface area contributed by atoms with Crippen LogP contribution in [-0.2, 0) is 4.74 Å². The predicted octanol–water partition coefficient (Wildman–Crippen LogP) is -1.67. The summed E-state index contributed by atoms with van der Waals surface area (Å²) in [5.74, 6) is 0.283. The van der Waals surface area contributed by atoms with Crippen molar-refractivity contribution in [2.24, 2.45) is 0 Å². The van der Waals surface area contributed by atoms with Gasteiger partial charge < -0.3 is 25.8 Å². The van der Waals surface area contributed by atoms with Crippen LogP contribution >= 0.6 is 0 Å². The van der Waals surface area contributed by atoms with E-state index in [0.29, 0.717) is 16.7 Å². The van der Waals surface area contributed by atoms with Gasteiger partial charge in [0.2, 0.25) is 0 Å². The number of ether oxygens (including phenoxy) is 1. The van der Waals surface area contributed by atoms with E-state index in [1.807, 2.05) is 0 Å². The van der Waals surface area contributed by atoms with Gasteiger partial charge in [-0.25, -0.2) is 14.6 Å². The lowest BCUT2D eigenvalue weighted by Crippen LogP contribution is -2.33. The van der Waals surface area contributed by atoms with Crippen molar-refractivity contribution in [2.75, 3.05) is 12.3 Å². The van der Waals surface area contributed by atoms with Gasteiger partial charge in [0.15, 0.2) is 11.9 Å². The Labute approximate surface area is 113 Å². The van der Waals surface area contributed by atoms with Crippen LogP contribution in [0.1, 0.15) is 11.9 Å². The van der Waals surface area contributed by atoms with Gasteiger partial charge in [-0.05, 0) is 6.92 Å². The van der Waals surface area contributed by atoms with E-state index in [1.165, 1.54) is 11.0 Å². The zero-order valence-electron chi connectivity index (χ0n) is 10.7. The van der Waals surface area contributed by atoms with Crippen LogP contribution in [0.2, 0.25) is 0 Å². The first-order chi connectivity index (χ1) is 9.54. The normalized spacial score (nSPS) is 30.2. The fraction of sp³-hybridized carbons (Fsp3) is 0.545. The number of aliphatic hydroxyl groups excluding tert-OH is 3. The third-order valence-corrected chi connectivity index (χ3v) is 3.45. The summed E-state index contributed by atoms with van der Waals surface area (Å²) in [5, 5.41) is 33.7. The number of aromatic nitrogens is 4. The number of aliphatic hydroxyl groups is 3. The minimum absolute atomic E-state index is 0.283. The van der Waals surface area contributed by atoms with Crippen LogP contribution in [-0.4, -0.2) is 60.0 Å². The number of fused-ring (bicyclic) bond motifs is 1. The summed E-state index contributed by atoms with van der Waals surface area (Å²) >= 11 is 0. The first-order valence-electron chi connectivity index (χ1n) is 6.12. The van der Waals surface area contributed by atoms with E-state index >= 15 is 0 Å². The molecule has 2 aromatic rings. The van der Waals surface area contributed by atoms with Gasteiger partial charge >= 0.3 is 0 Å². The lowest BCUT2D eigenvalue weighted by atomic mass is 10.1. The van der Waals surface area contributed by atoms with Crippen molar-refractivity contribution in [1.82, 2.24) is 19.7 Å². The van der Waals surface area contributed by atoms with Gasteiger partial charge in [-0.3, -0.25) is 0 Å². The molecule has 0 unspecified atom stereocenters. The number of nitrogens with two attached hydrogens (primary N) is 1. The summed E-state index contributed by atoms with van der Waals surface area (Å²) in [5.41, 5.74) is 6.79. The van der Waals surface area contributed by atoms with Gasteiger partial charge in [0.25, 0.3) is 0 Å². The predicted molar refractivity (Wildman–Crippen MR) is 67.5 cm³/mol. The van der Waals surface area contributed by atoms with Gasteiger partial charge in [-0.2, -0.15) is 5.10 Å². The number of rotatable bonds is 2. The highest BCUT2D eigenvalue weighted by atomic mass is 16.6. The SMILES string of the molecule is Cc1nn([C@@H]2O[C@H](CO)[C@@H](O)[C@H]2O)c2ncnc(N)c12. The van der Waals surface area contributed by atoms with E-state index in [2.05, 4.69) is 15.1 Å². The average molecular weight is 281 g/mol. The molecule has 1 fully saturated rings. The van der Waals surface area contributed by atoms with Crippen LogP contribution in [0.4, 0.5) is 5.82 Å². The molecule has 4 atom stereocenters. The Hall–Kier alpha value is -1.81. The second-order valence-electron chi connectivity index (χ2n) is 4.72. The van der Waals surface area contributed by atoms with Gasteiger partial charge in [0, 0.05) is 0 Å². The summed E-state index contributed by atoms with van der Waals surface area (Å²) in [7, 11) is 0. The van der Waals surface area contributed by atoms with Crippen molar-refractivity contribution in [1.29, 1.82) is 0 Å². The molecule has 3 rings (SSSR count). The molecule has 1 aliphatic rings. The summed E-state index contributed by atoms with van der Waals surface area (Å²) < 4.78 is 6.79. The number of hydrogen-bond donors (Lipinski definition) is 4. The third kappa shape index (κ3) is 1.75. The van der Waals surface area contributed by atoms with E-state index in [-0.39, 0.29) is 5.82 Å². The number of hydrogen-bond acceptors (Lipinski definition) is 8. The topological polar surface area (TPSA) is 140 Å². The van der Waals surface area contributed by atoms with Crippen LogP contribution in [0.15, 0.2) is 6.33 Å². The van der Waals surface area contributed by atoms with Crippen molar-refractivity contribution in [3.8, 4) is 0 Å². The first kappa shape index (κ1) is 13.2. The summed E-state index contributed by atoms with van der Waals surface area (Å²) in [4.78, 5) is 7.99. The molecule has 0 saturated carbocycles. The van der Waals surface area contributed by atoms with Crippen LogP contribution in [0.25, 0.3) is 11.0 Å². The summed E-state index contributed by atoms with van der Waals surface area (Å²) in [6.45, 7) is 1.34. The van der Waals surface area contributed by atoms with Gasteiger partial charge in [-0.1, -0.05) is 0 Å². The molecular formula is C11H15N5O4. The van der Waals surface area contributed by atoms with E-state index < -0.39 is 31.1 Å². The molecule has 1 aliphatic heterocycles. The Kier molecular flexibility index (Phi) is 3.05. The summed E-state index contributed by atoms with van der Waals surface area (Å²) in [6, 6.07) is 0. The van der Waals surface area contributed by atoms with E-state index in [4.69, 9.17) is 15.6 Å². The second-order valence-corrected chi connectivity index (χ2v) is 4.72. The average Bonchev–Trinajstić information content (AvgIpc) is 2.90. The van der Waals surface area contributed by atoms with E-state index in [0.717, 1.165) is 0 Å². The zero-order valence-corrected chi connectivity index (χ0v) is 10.7. The molecule has 0 amide bonds. The van der Waals surface area contributed by atoms with Crippen molar-refractivity contribution in [2.45, 2.75) is 31.5 Å². The molecule has 9 heteroatoms. The lowest BCUT2D eigenvalue weighted by molar-refractivity contribution is -0.0567. The molecule has 3 heterocycles. The molecule has 0 aliphatic carbocycles. The first-order valence-corrected chi connectivity index (χ1v) is 6.12. The van der Waals surface area contributed by atoms with Crippen LogP contribution < -0.4 is 5.73 Å². The molecule has 0 aromatic carbocycles. The van der Waals surface area contributed by atoms with E-state index in [1.54, 1.807) is 6.92 Å². The minimum atomic E-state index is -1.22. The number of aryl methyl sites for hydroxylation is 1. The molecule has 0 spiro atoms. The number of nitrogen functional groups attached to an aromatic ring is 1. The van der Waals surface area contributed by atoms with Crippen LogP contribution in [0.3, 0.4) is 0 Å². The largest absolute Gasteiger partial charge is 0.394 e. The molecule has 5 N–H and O–H groups in total. The Morgan fingerprint density at radius 3 is 2.75 bits per heavy atom. The standard InChI is InChI=1S/C11H15N5O4/c1-4-6-9(12)13-3-14-10(6)16(15-4)11-8(19)7(18)5(2-17)20-11/h3,5,7-8,11,17-19H,2H2,1H3,(H2,12,13,14)/t5-,7-,8-,11-/m1/s1. The number of nitrogens with zero attached hydrogens (tertiary/aromatic N) is 4. The van der Waals surface area contributed by atoms with Crippen molar-refractivity contribution in [3.63, 3.8) is 0 Å². The zero-order chi connectivity index (χ0) is 14.4. The minimum Gasteiger partial charge on any atom is -0.394 e. The number of anilines is 1. The van der Waals surface area contributed by atoms with Crippen LogP contribution in [0, 0.1) is 6.92 Å². The highest BCUT2D eigenvalue weighted by molar-refractivity contribution is 5.87. The van der Waals surface area contributed by atoms with Gasteiger partial charge in [0.05, 0.1) is 17.7 Å². The highest BCUT2D eigenvalue weighted by Crippen LogP contribution is 2.32. The van der Waals surface area contributed by atoms with Gasteiger partial charge in [-0.15, -0.1) is 0 Å². The maximum absolute atomic E-state index is 10.0. The third-order valence-electron chi connectivity index (χ3n) is 3.45. The maximum Gasteiger partial charge on any atom is 0.181 e. The fourth-order valence-electron chi connectivity index (χ4n) is 2.43. The molecule has 0 radical (unpaired) electrons. The Balaban J connectivity index is 2.10. The molecule has 2 aromatic heterocycles. The molecule has 108 valence electrons. The molecular weight excluding hydrogens is 266 g/mol. The summed E-state index contributed by atoms with van der Waals surface area (Å²) in [6.07, 6.45) is -2.92. The van der Waals surface area contributed by atoms with Crippen molar-refractivity contribution in [3.05, 3.63) is 12.0 Å². The molecule has 20 heavy (non-hydrogen) atoms. The Morgan fingerprint density at radius 1 is 1.35 bits per heavy atom. The highest BCUT2D eigenvalue weighted by Gasteiger charge is 2.44. The quantitative estimate of drug-likeness (QED) is 0.512. The maximum atomic E-state index is 10.0. The molecule has 9 nitrogen and oxygen atoms in total. The fourth-order valence-corrected chi connectivity index (χ4v) is 2.43. The Bertz CT molecular complexity index is 645. The van der Waals surface area contributed by atoms with E-state index in [9.17, 15) is 10.2 Å². The van der Waals surface area contributed by atoms with Gasteiger partial charge in [0.1, 0.15) is 30.5 Å². The van der Waals surface area contributed by atoms with Crippen LogP contribution in [0.5, 0.6) is 0 Å². The lowest BCUT2D eigenvalue weighted by Gasteiger charge is -2.15. The Morgan fingerprint density at radius 2 is 2.10 bits per heavy atom.